The van der Waals surface area contributed by atoms with E-state index in [0.717, 1.165) is 25.1 Å². The normalized spacial score (nSPS) is 12.6. The molecule has 0 saturated heterocycles. The van der Waals surface area contributed by atoms with Crippen LogP contribution in [0.15, 0.2) is 11.3 Å². The van der Waals surface area contributed by atoms with Crippen LogP contribution in [-0.4, -0.2) is 38.1 Å². The molecule has 0 saturated carbocycles. The SMILES string of the molecule is CCOC(CCCN(C)C)=C(C)C(N)=O. The second kappa shape index (κ2) is 7.29. The molecule has 0 bridgehead atoms. The van der Waals surface area contributed by atoms with Crippen molar-refractivity contribution in [2.24, 2.45) is 5.73 Å². The number of amides is 1. The van der Waals surface area contributed by atoms with Gasteiger partial charge in [-0.15, -0.1) is 0 Å². The summed E-state index contributed by atoms with van der Waals surface area (Å²) < 4.78 is 5.41. The third-order valence-electron chi connectivity index (χ3n) is 2.12. The van der Waals surface area contributed by atoms with Crippen molar-refractivity contribution in [2.45, 2.75) is 26.7 Å². The van der Waals surface area contributed by atoms with Gasteiger partial charge in [-0.05, 0) is 40.9 Å². The summed E-state index contributed by atoms with van der Waals surface area (Å²) >= 11 is 0. The first-order valence-corrected chi connectivity index (χ1v) is 5.26. The molecule has 0 unspecified atom stereocenters. The van der Waals surface area contributed by atoms with Gasteiger partial charge >= 0.3 is 0 Å². The van der Waals surface area contributed by atoms with Gasteiger partial charge in [0, 0.05) is 6.42 Å². The highest BCUT2D eigenvalue weighted by atomic mass is 16.5. The maximum Gasteiger partial charge on any atom is 0.247 e. The minimum absolute atomic E-state index is 0.400. The lowest BCUT2D eigenvalue weighted by molar-refractivity contribution is -0.114. The topological polar surface area (TPSA) is 55.6 Å². The molecule has 0 atom stereocenters. The zero-order chi connectivity index (χ0) is 11.8. The van der Waals surface area contributed by atoms with Crippen LogP contribution in [0.5, 0.6) is 0 Å². The number of rotatable bonds is 7. The van der Waals surface area contributed by atoms with Crippen molar-refractivity contribution in [2.75, 3.05) is 27.2 Å². The standard InChI is InChI=1S/C11H22N2O2/c1-5-15-10(9(2)11(12)14)7-6-8-13(3)4/h5-8H2,1-4H3,(H2,12,14). The molecular formula is C11H22N2O2. The molecule has 0 radical (unpaired) electrons. The van der Waals surface area contributed by atoms with E-state index >= 15 is 0 Å². The van der Waals surface area contributed by atoms with E-state index in [-0.39, 0.29) is 0 Å². The lowest BCUT2D eigenvalue weighted by Gasteiger charge is -2.13. The van der Waals surface area contributed by atoms with Gasteiger partial charge in [-0.3, -0.25) is 4.79 Å². The smallest absolute Gasteiger partial charge is 0.247 e. The molecule has 0 aromatic rings. The first kappa shape index (κ1) is 14.0. The van der Waals surface area contributed by atoms with E-state index in [1.807, 2.05) is 21.0 Å². The number of hydrogen-bond acceptors (Lipinski definition) is 3. The first-order chi connectivity index (χ1) is 6.99. The Bertz CT molecular complexity index is 235. The summed E-state index contributed by atoms with van der Waals surface area (Å²) in [6, 6.07) is 0. The van der Waals surface area contributed by atoms with Gasteiger partial charge in [0.25, 0.3) is 0 Å². The van der Waals surface area contributed by atoms with Crippen molar-refractivity contribution in [3.8, 4) is 0 Å². The lowest BCUT2D eigenvalue weighted by Crippen LogP contribution is -2.16. The fourth-order valence-electron chi connectivity index (χ4n) is 1.24. The zero-order valence-corrected chi connectivity index (χ0v) is 10.2. The molecule has 0 fully saturated rings. The highest BCUT2D eigenvalue weighted by Crippen LogP contribution is 2.12. The number of nitrogens with two attached hydrogens (primary N) is 1. The predicted octanol–water partition coefficient (Wildman–Crippen LogP) is 1.12. The van der Waals surface area contributed by atoms with Gasteiger partial charge in [-0.25, -0.2) is 0 Å². The number of hydrogen-bond donors (Lipinski definition) is 1. The van der Waals surface area contributed by atoms with Crippen LogP contribution in [-0.2, 0) is 9.53 Å². The molecule has 0 spiro atoms. The molecule has 4 nitrogen and oxygen atoms in total. The molecule has 0 heterocycles. The monoisotopic (exact) mass is 214 g/mol. The summed E-state index contributed by atoms with van der Waals surface area (Å²) in [5.41, 5.74) is 5.75. The van der Waals surface area contributed by atoms with Crippen LogP contribution in [0, 0.1) is 0 Å². The van der Waals surface area contributed by atoms with E-state index in [1.165, 1.54) is 0 Å². The van der Waals surface area contributed by atoms with Crippen LogP contribution in [0.25, 0.3) is 0 Å². The number of nitrogens with zero attached hydrogens (tertiary/aromatic N) is 1. The summed E-state index contributed by atoms with van der Waals surface area (Å²) in [6.45, 7) is 5.16. The van der Waals surface area contributed by atoms with Crippen molar-refractivity contribution in [1.29, 1.82) is 0 Å². The Kier molecular flexibility index (Phi) is 6.79. The van der Waals surface area contributed by atoms with E-state index in [0.29, 0.717) is 12.2 Å². The number of ether oxygens (including phenoxy) is 1. The Morgan fingerprint density at radius 3 is 2.40 bits per heavy atom. The molecule has 15 heavy (non-hydrogen) atoms. The highest BCUT2D eigenvalue weighted by Gasteiger charge is 2.08. The summed E-state index contributed by atoms with van der Waals surface area (Å²) in [4.78, 5) is 13.1. The van der Waals surface area contributed by atoms with Crippen molar-refractivity contribution in [3.63, 3.8) is 0 Å². The van der Waals surface area contributed by atoms with Crippen LogP contribution < -0.4 is 5.73 Å². The molecule has 0 aromatic heterocycles. The molecule has 0 aliphatic carbocycles. The van der Waals surface area contributed by atoms with Crippen LogP contribution in [0.1, 0.15) is 26.7 Å². The van der Waals surface area contributed by atoms with Gasteiger partial charge in [-0.1, -0.05) is 0 Å². The maximum atomic E-state index is 11.0. The average molecular weight is 214 g/mol. The molecule has 0 rings (SSSR count). The highest BCUT2D eigenvalue weighted by molar-refractivity contribution is 5.91. The number of primary amides is 1. The van der Waals surface area contributed by atoms with E-state index in [9.17, 15) is 4.79 Å². The number of carbonyl (C=O) groups is 1. The summed E-state index contributed by atoms with van der Waals surface area (Å²) in [5.74, 6) is 0.329. The van der Waals surface area contributed by atoms with E-state index in [1.54, 1.807) is 6.92 Å². The van der Waals surface area contributed by atoms with E-state index in [2.05, 4.69) is 4.90 Å². The molecule has 1 amide bonds. The van der Waals surface area contributed by atoms with Crippen LogP contribution in [0.3, 0.4) is 0 Å². The molecule has 0 aliphatic rings. The summed E-state index contributed by atoms with van der Waals surface area (Å²) in [7, 11) is 4.04. The Hall–Kier alpha value is -1.03. The molecule has 0 aromatic carbocycles. The zero-order valence-electron chi connectivity index (χ0n) is 10.2. The summed E-state index contributed by atoms with van der Waals surface area (Å²) in [5, 5.41) is 0. The Labute approximate surface area is 92.1 Å². The van der Waals surface area contributed by atoms with Crippen molar-refractivity contribution < 1.29 is 9.53 Å². The van der Waals surface area contributed by atoms with Gasteiger partial charge < -0.3 is 15.4 Å². The third-order valence-corrected chi connectivity index (χ3v) is 2.12. The lowest BCUT2D eigenvalue weighted by atomic mass is 10.1. The van der Waals surface area contributed by atoms with E-state index < -0.39 is 5.91 Å². The van der Waals surface area contributed by atoms with Crippen molar-refractivity contribution in [1.82, 2.24) is 4.90 Å². The Balaban J connectivity index is 4.28. The quantitative estimate of drug-likeness (QED) is 0.510. The molecular weight excluding hydrogens is 192 g/mol. The Morgan fingerprint density at radius 2 is 2.00 bits per heavy atom. The average Bonchev–Trinajstić information content (AvgIpc) is 2.14. The first-order valence-electron chi connectivity index (χ1n) is 5.26. The largest absolute Gasteiger partial charge is 0.498 e. The minimum atomic E-state index is -0.400. The molecule has 4 heteroatoms. The third kappa shape index (κ3) is 6.12. The summed E-state index contributed by atoms with van der Waals surface area (Å²) in [6.07, 6.45) is 1.73. The molecule has 88 valence electrons. The van der Waals surface area contributed by atoms with Crippen LogP contribution >= 0.6 is 0 Å². The van der Waals surface area contributed by atoms with Gasteiger partial charge in [0.2, 0.25) is 5.91 Å². The minimum Gasteiger partial charge on any atom is -0.498 e. The number of carbonyl (C=O) groups excluding carboxylic acids is 1. The van der Waals surface area contributed by atoms with Crippen LogP contribution in [0.2, 0.25) is 0 Å². The predicted molar refractivity (Wildman–Crippen MR) is 61.3 cm³/mol. The van der Waals surface area contributed by atoms with Gasteiger partial charge in [0.15, 0.2) is 0 Å². The maximum absolute atomic E-state index is 11.0. The van der Waals surface area contributed by atoms with E-state index in [4.69, 9.17) is 10.5 Å². The molecule has 2 N–H and O–H groups in total. The fraction of sp³-hybridized carbons (Fsp3) is 0.727. The number of allylic oxidation sites excluding steroid dienone is 1. The fourth-order valence-corrected chi connectivity index (χ4v) is 1.24. The van der Waals surface area contributed by atoms with Gasteiger partial charge in [0.1, 0.15) is 5.76 Å². The van der Waals surface area contributed by atoms with Crippen molar-refractivity contribution in [3.05, 3.63) is 11.3 Å². The van der Waals surface area contributed by atoms with Gasteiger partial charge in [-0.2, -0.15) is 0 Å². The van der Waals surface area contributed by atoms with Crippen LogP contribution in [0.4, 0.5) is 0 Å². The second-order valence-electron chi connectivity index (χ2n) is 3.75. The van der Waals surface area contributed by atoms with Gasteiger partial charge in [0.05, 0.1) is 12.2 Å². The molecule has 0 aliphatic heterocycles. The van der Waals surface area contributed by atoms with Crippen molar-refractivity contribution >= 4 is 5.91 Å². The second-order valence-corrected chi connectivity index (χ2v) is 3.75. The Morgan fingerprint density at radius 1 is 1.40 bits per heavy atom.